The van der Waals surface area contributed by atoms with Gasteiger partial charge in [-0.3, -0.25) is 0 Å². The van der Waals surface area contributed by atoms with E-state index in [1.54, 1.807) is 0 Å². The standard InChI is InChI=1S/C24H20N2S3/c1-2-19-12-20(3-1)16-28-14-18-6-10-22(11-7-18)24-23(25-29-26-24)21-8-4-17(5-9-21)13-27-15-19/h1-12H,13-16H2. The predicted molar refractivity (Wildman–Crippen MR) is 127 cm³/mol. The summed E-state index contributed by atoms with van der Waals surface area (Å²) in [6.07, 6.45) is 0. The van der Waals surface area contributed by atoms with Gasteiger partial charge in [-0.2, -0.15) is 32.3 Å². The van der Waals surface area contributed by atoms with Crippen molar-refractivity contribution in [1.29, 1.82) is 0 Å². The maximum Gasteiger partial charge on any atom is 0.112 e. The number of fused-ring (bicyclic) bond motifs is 2. The molecule has 29 heavy (non-hydrogen) atoms. The Bertz CT molecular complexity index is 1020. The fraction of sp³-hybridized carbons (Fsp3) is 0.167. The number of benzene rings is 3. The molecule has 0 saturated carbocycles. The van der Waals surface area contributed by atoms with Gasteiger partial charge in [0.2, 0.25) is 0 Å². The Hall–Kier alpha value is -2.08. The first-order chi connectivity index (χ1) is 14.3. The lowest BCUT2D eigenvalue weighted by Crippen LogP contribution is -1.88. The molecule has 2 nitrogen and oxygen atoms in total. The molecule has 7 rings (SSSR count). The third-order valence-corrected chi connectivity index (χ3v) is 7.69. The van der Waals surface area contributed by atoms with Crippen LogP contribution in [0.25, 0.3) is 22.5 Å². The van der Waals surface area contributed by atoms with E-state index >= 15 is 0 Å². The summed E-state index contributed by atoms with van der Waals surface area (Å²) in [5, 5.41) is 0. The molecule has 3 aliphatic rings. The molecule has 0 spiro atoms. The highest BCUT2D eigenvalue weighted by Crippen LogP contribution is 2.32. The first-order valence-corrected chi connectivity index (χ1v) is 12.6. The molecule has 0 atom stereocenters. The fourth-order valence-electron chi connectivity index (χ4n) is 3.47. The summed E-state index contributed by atoms with van der Waals surface area (Å²) >= 11 is 5.22. The van der Waals surface area contributed by atoms with Gasteiger partial charge in [0.05, 0.1) is 11.7 Å². The molecule has 0 fully saturated rings. The van der Waals surface area contributed by atoms with Gasteiger partial charge in [-0.1, -0.05) is 72.8 Å². The lowest BCUT2D eigenvalue weighted by atomic mass is 10.0. The average Bonchev–Trinajstić information content (AvgIpc) is 3.24. The average molecular weight is 433 g/mol. The summed E-state index contributed by atoms with van der Waals surface area (Å²) < 4.78 is 9.17. The summed E-state index contributed by atoms with van der Waals surface area (Å²) in [5.41, 5.74) is 9.72. The van der Waals surface area contributed by atoms with Gasteiger partial charge in [0.1, 0.15) is 11.4 Å². The minimum absolute atomic E-state index is 0.977. The summed E-state index contributed by atoms with van der Waals surface area (Å²) in [6, 6.07) is 26.6. The highest BCUT2D eigenvalue weighted by Gasteiger charge is 2.13. The van der Waals surface area contributed by atoms with Gasteiger partial charge in [0.15, 0.2) is 0 Å². The predicted octanol–water partition coefficient (Wildman–Crippen LogP) is 7.05. The lowest BCUT2D eigenvalue weighted by molar-refractivity contribution is 1.31. The molecule has 1 aromatic heterocycles. The monoisotopic (exact) mass is 432 g/mol. The Labute approximate surface area is 184 Å². The quantitative estimate of drug-likeness (QED) is 0.297. The molecule has 4 heterocycles. The van der Waals surface area contributed by atoms with Crippen molar-refractivity contribution in [1.82, 2.24) is 8.75 Å². The Kier molecular flexibility index (Phi) is 5.70. The van der Waals surface area contributed by atoms with Crippen molar-refractivity contribution in [2.75, 3.05) is 0 Å². The van der Waals surface area contributed by atoms with Crippen LogP contribution >= 0.6 is 35.3 Å². The van der Waals surface area contributed by atoms with E-state index < -0.39 is 0 Å². The van der Waals surface area contributed by atoms with Crippen molar-refractivity contribution in [2.24, 2.45) is 0 Å². The zero-order valence-corrected chi connectivity index (χ0v) is 18.3. The van der Waals surface area contributed by atoms with E-state index in [1.165, 1.54) is 34.0 Å². The van der Waals surface area contributed by atoms with E-state index in [1.807, 2.05) is 23.5 Å². The highest BCUT2D eigenvalue weighted by atomic mass is 32.2. The Balaban J connectivity index is 1.50. The van der Waals surface area contributed by atoms with Crippen molar-refractivity contribution in [3.05, 3.63) is 95.1 Å². The van der Waals surface area contributed by atoms with E-state index in [2.05, 4.69) is 81.5 Å². The molecule has 0 unspecified atom stereocenters. The lowest BCUT2D eigenvalue weighted by Gasteiger charge is -2.06. The molecule has 3 aromatic carbocycles. The van der Waals surface area contributed by atoms with Gasteiger partial charge in [-0.05, 0) is 22.3 Å². The molecular formula is C24H20N2S3. The Morgan fingerprint density at radius 3 is 1.45 bits per heavy atom. The Morgan fingerprint density at radius 1 is 0.517 bits per heavy atom. The van der Waals surface area contributed by atoms with E-state index in [0.29, 0.717) is 0 Å². The van der Waals surface area contributed by atoms with Crippen molar-refractivity contribution >= 4 is 35.3 Å². The van der Waals surface area contributed by atoms with Crippen LogP contribution in [0.4, 0.5) is 0 Å². The smallest absolute Gasteiger partial charge is 0.112 e. The topological polar surface area (TPSA) is 25.8 Å². The van der Waals surface area contributed by atoms with Gasteiger partial charge in [-0.15, -0.1) is 0 Å². The first kappa shape index (κ1) is 18.9. The van der Waals surface area contributed by atoms with Gasteiger partial charge in [-0.25, -0.2) is 0 Å². The number of thioether (sulfide) groups is 2. The summed E-state index contributed by atoms with van der Waals surface area (Å²) in [6.45, 7) is 0. The van der Waals surface area contributed by atoms with Gasteiger partial charge in [0, 0.05) is 34.1 Å². The summed E-state index contributed by atoms with van der Waals surface area (Å²) in [4.78, 5) is 0. The van der Waals surface area contributed by atoms with E-state index in [9.17, 15) is 0 Å². The van der Waals surface area contributed by atoms with Crippen LogP contribution in [-0.4, -0.2) is 8.75 Å². The van der Waals surface area contributed by atoms with Crippen molar-refractivity contribution in [2.45, 2.75) is 23.0 Å². The second kappa shape index (κ2) is 8.74. The van der Waals surface area contributed by atoms with Crippen LogP contribution in [0, 0.1) is 0 Å². The zero-order valence-electron chi connectivity index (χ0n) is 15.9. The van der Waals surface area contributed by atoms with Crippen LogP contribution in [0.15, 0.2) is 72.8 Å². The van der Waals surface area contributed by atoms with Crippen molar-refractivity contribution < 1.29 is 0 Å². The molecule has 0 amide bonds. The molecule has 0 saturated heterocycles. The van der Waals surface area contributed by atoms with Crippen LogP contribution in [0.2, 0.25) is 0 Å². The number of aromatic nitrogens is 2. The molecule has 144 valence electrons. The SMILES string of the molecule is c1cc2cc(c1)CSCc1ccc(cc1)-c1nsnc1-c1ccc(cc1)CSC2. The Morgan fingerprint density at radius 2 is 0.966 bits per heavy atom. The normalized spacial score (nSPS) is 14.1. The third kappa shape index (κ3) is 4.42. The second-order valence-electron chi connectivity index (χ2n) is 7.16. The number of nitrogens with zero attached hydrogens (tertiary/aromatic N) is 2. The molecule has 0 radical (unpaired) electrons. The highest BCUT2D eigenvalue weighted by molar-refractivity contribution is 7.98. The largest absolute Gasteiger partial charge is 0.172 e. The summed E-state index contributed by atoms with van der Waals surface area (Å²) in [5.74, 6) is 4.12. The van der Waals surface area contributed by atoms with Crippen LogP contribution in [0.3, 0.4) is 0 Å². The van der Waals surface area contributed by atoms with Crippen LogP contribution in [0.5, 0.6) is 0 Å². The van der Waals surface area contributed by atoms with Crippen LogP contribution in [-0.2, 0) is 23.0 Å². The minimum atomic E-state index is 0.977. The molecule has 3 aliphatic heterocycles. The van der Waals surface area contributed by atoms with E-state index in [0.717, 1.165) is 45.5 Å². The van der Waals surface area contributed by atoms with Gasteiger partial charge in [0.25, 0.3) is 0 Å². The molecule has 4 aromatic rings. The minimum Gasteiger partial charge on any atom is -0.172 e. The maximum absolute atomic E-state index is 4.58. The molecular weight excluding hydrogens is 412 g/mol. The molecule has 0 N–H and O–H groups in total. The molecule has 5 heteroatoms. The second-order valence-corrected chi connectivity index (χ2v) is 9.66. The van der Waals surface area contributed by atoms with Crippen LogP contribution < -0.4 is 0 Å². The maximum atomic E-state index is 4.58. The number of hydrogen-bond acceptors (Lipinski definition) is 5. The van der Waals surface area contributed by atoms with E-state index in [-0.39, 0.29) is 0 Å². The number of hydrogen-bond donors (Lipinski definition) is 0. The van der Waals surface area contributed by atoms with Gasteiger partial charge >= 0.3 is 0 Å². The van der Waals surface area contributed by atoms with Crippen molar-refractivity contribution in [3.8, 4) is 22.5 Å². The zero-order chi connectivity index (χ0) is 19.5. The van der Waals surface area contributed by atoms with E-state index in [4.69, 9.17) is 0 Å². The van der Waals surface area contributed by atoms with Crippen LogP contribution in [0.1, 0.15) is 22.3 Å². The third-order valence-electron chi connectivity index (χ3n) is 5.01. The summed E-state index contributed by atoms with van der Waals surface area (Å²) in [7, 11) is 0. The van der Waals surface area contributed by atoms with Gasteiger partial charge < -0.3 is 0 Å². The fourth-order valence-corrected chi connectivity index (χ4v) is 5.95. The van der Waals surface area contributed by atoms with Crippen molar-refractivity contribution in [3.63, 3.8) is 0 Å². The molecule has 6 bridgehead atoms. The number of rotatable bonds is 0. The molecule has 0 aliphatic carbocycles. The first-order valence-electron chi connectivity index (χ1n) is 9.60.